The molecular formula is C21H24N2OS. The number of carbonyl (C=O) groups excluding carboxylic acids is 1. The van der Waals surface area contributed by atoms with Crippen LogP contribution in [0.4, 0.5) is 0 Å². The van der Waals surface area contributed by atoms with Crippen LogP contribution in [0.5, 0.6) is 0 Å². The van der Waals surface area contributed by atoms with Crippen molar-refractivity contribution in [2.45, 2.75) is 50.7 Å². The number of benzene rings is 1. The number of hydrogen-bond acceptors (Lipinski definition) is 3. The molecule has 0 spiro atoms. The summed E-state index contributed by atoms with van der Waals surface area (Å²) in [5, 5.41) is 5.89. The lowest BCUT2D eigenvalue weighted by Crippen LogP contribution is -2.52. The van der Waals surface area contributed by atoms with E-state index in [1.807, 2.05) is 11.3 Å². The first-order valence-electron chi connectivity index (χ1n) is 9.39. The van der Waals surface area contributed by atoms with Gasteiger partial charge in [0, 0.05) is 30.1 Å². The van der Waals surface area contributed by atoms with Crippen LogP contribution in [0.2, 0.25) is 0 Å². The maximum Gasteiger partial charge on any atom is 0.231 e. The highest BCUT2D eigenvalue weighted by atomic mass is 32.1. The Balaban J connectivity index is 1.45. The van der Waals surface area contributed by atoms with E-state index in [1.54, 1.807) is 0 Å². The molecule has 5 rings (SSSR count). The third-order valence-electron chi connectivity index (χ3n) is 6.40. The van der Waals surface area contributed by atoms with Crippen LogP contribution in [0.3, 0.4) is 0 Å². The fraction of sp³-hybridized carbons (Fsp3) is 0.476. The topological polar surface area (TPSA) is 32.3 Å². The van der Waals surface area contributed by atoms with Gasteiger partial charge in [-0.25, -0.2) is 0 Å². The molecule has 0 radical (unpaired) electrons. The normalized spacial score (nSPS) is 30.5. The van der Waals surface area contributed by atoms with Crippen LogP contribution in [0.15, 0.2) is 41.8 Å². The lowest BCUT2D eigenvalue weighted by molar-refractivity contribution is -0.144. The van der Waals surface area contributed by atoms with Crippen LogP contribution in [-0.2, 0) is 24.2 Å². The number of rotatable bonds is 3. The molecule has 2 fully saturated rings. The van der Waals surface area contributed by atoms with Gasteiger partial charge in [0.05, 0.1) is 5.41 Å². The van der Waals surface area contributed by atoms with Gasteiger partial charge in [-0.2, -0.15) is 0 Å². The van der Waals surface area contributed by atoms with Crippen LogP contribution >= 0.6 is 11.3 Å². The van der Waals surface area contributed by atoms with Crippen molar-refractivity contribution in [2.24, 2.45) is 5.41 Å². The van der Waals surface area contributed by atoms with Crippen molar-refractivity contribution in [1.29, 1.82) is 0 Å². The average molecular weight is 353 g/mol. The zero-order valence-corrected chi connectivity index (χ0v) is 15.2. The van der Waals surface area contributed by atoms with Gasteiger partial charge in [0.15, 0.2) is 0 Å². The molecule has 0 saturated carbocycles. The first-order chi connectivity index (χ1) is 12.2. The van der Waals surface area contributed by atoms with Crippen molar-refractivity contribution >= 4 is 17.2 Å². The number of carbonyl (C=O) groups is 1. The first kappa shape index (κ1) is 15.6. The number of nitrogens with zero attached hydrogens (tertiary/aromatic N) is 1. The molecular weight excluding hydrogens is 328 g/mol. The van der Waals surface area contributed by atoms with E-state index in [4.69, 9.17) is 0 Å². The van der Waals surface area contributed by atoms with Gasteiger partial charge in [0.2, 0.25) is 5.91 Å². The van der Waals surface area contributed by atoms with Crippen molar-refractivity contribution in [3.8, 4) is 0 Å². The minimum atomic E-state index is -0.252. The van der Waals surface area contributed by atoms with Gasteiger partial charge in [-0.1, -0.05) is 30.3 Å². The monoisotopic (exact) mass is 352 g/mol. The molecule has 25 heavy (non-hydrogen) atoms. The van der Waals surface area contributed by atoms with Crippen LogP contribution < -0.4 is 5.32 Å². The van der Waals surface area contributed by atoms with Gasteiger partial charge in [-0.3, -0.25) is 4.79 Å². The van der Waals surface area contributed by atoms with Crippen molar-refractivity contribution < 1.29 is 4.79 Å². The van der Waals surface area contributed by atoms with Gasteiger partial charge >= 0.3 is 0 Å². The van der Waals surface area contributed by atoms with Crippen molar-refractivity contribution in [3.63, 3.8) is 0 Å². The number of thiophene rings is 1. The second-order valence-corrected chi connectivity index (χ2v) is 8.86. The molecule has 2 aromatic rings. The van der Waals surface area contributed by atoms with Crippen LogP contribution in [-0.4, -0.2) is 29.4 Å². The van der Waals surface area contributed by atoms with E-state index in [0.29, 0.717) is 18.0 Å². The minimum Gasteiger partial charge on any atom is -0.337 e. The summed E-state index contributed by atoms with van der Waals surface area (Å²) in [5.41, 5.74) is 2.40. The van der Waals surface area contributed by atoms with Gasteiger partial charge < -0.3 is 10.2 Å². The van der Waals surface area contributed by atoms with E-state index >= 15 is 0 Å². The summed E-state index contributed by atoms with van der Waals surface area (Å²) in [6.45, 7) is 1.67. The fourth-order valence-electron chi connectivity index (χ4n) is 5.20. The highest BCUT2D eigenvalue weighted by Crippen LogP contribution is 2.47. The maximum absolute atomic E-state index is 13.7. The zero-order valence-electron chi connectivity index (χ0n) is 14.4. The molecule has 3 nitrogen and oxygen atoms in total. The predicted molar refractivity (Wildman–Crippen MR) is 101 cm³/mol. The Hall–Kier alpha value is -1.65. The summed E-state index contributed by atoms with van der Waals surface area (Å²) >= 11 is 1.83. The summed E-state index contributed by atoms with van der Waals surface area (Å²) < 4.78 is 0. The fourth-order valence-corrected chi connectivity index (χ4v) is 6.09. The Kier molecular flexibility index (Phi) is 3.72. The molecule has 3 atom stereocenters. The van der Waals surface area contributed by atoms with Crippen molar-refractivity contribution in [2.75, 3.05) is 6.54 Å². The summed E-state index contributed by atoms with van der Waals surface area (Å²) in [6, 6.07) is 13.7. The number of amides is 1. The molecule has 1 aromatic heterocycles. The molecule has 0 unspecified atom stereocenters. The van der Waals surface area contributed by atoms with Crippen molar-refractivity contribution in [1.82, 2.24) is 10.2 Å². The molecule has 0 aliphatic carbocycles. The SMILES string of the molecule is O=C(N1CCc2sccc2C1)[C@@]1(Cc2ccccc2)C[C@H]2CC[C@@H]1N2. The minimum absolute atomic E-state index is 0.252. The third kappa shape index (κ3) is 2.54. The molecule has 2 bridgehead atoms. The lowest BCUT2D eigenvalue weighted by Gasteiger charge is -2.41. The average Bonchev–Trinajstić information content (AvgIpc) is 3.37. The summed E-state index contributed by atoms with van der Waals surface area (Å²) in [5.74, 6) is 0.382. The number of hydrogen-bond donors (Lipinski definition) is 1. The van der Waals surface area contributed by atoms with Crippen LogP contribution in [0.25, 0.3) is 0 Å². The lowest BCUT2D eigenvalue weighted by atomic mass is 9.68. The molecule has 2 saturated heterocycles. The van der Waals surface area contributed by atoms with E-state index < -0.39 is 0 Å². The third-order valence-corrected chi connectivity index (χ3v) is 7.42. The molecule has 1 amide bonds. The molecule has 130 valence electrons. The quantitative estimate of drug-likeness (QED) is 0.918. The Morgan fingerprint density at radius 1 is 1.24 bits per heavy atom. The maximum atomic E-state index is 13.7. The van der Waals surface area contributed by atoms with Gasteiger partial charge in [-0.15, -0.1) is 11.3 Å². The molecule has 4 heterocycles. The molecule has 1 aromatic carbocycles. The first-order valence-corrected chi connectivity index (χ1v) is 10.3. The van der Waals surface area contributed by atoms with Crippen molar-refractivity contribution in [3.05, 3.63) is 57.8 Å². The highest BCUT2D eigenvalue weighted by molar-refractivity contribution is 7.10. The predicted octanol–water partition coefficient (Wildman–Crippen LogP) is 3.39. The summed E-state index contributed by atoms with van der Waals surface area (Å²) in [4.78, 5) is 17.3. The van der Waals surface area contributed by atoms with Gasteiger partial charge in [0.25, 0.3) is 0 Å². The largest absolute Gasteiger partial charge is 0.337 e. The van der Waals surface area contributed by atoms with Gasteiger partial charge in [0.1, 0.15) is 0 Å². The van der Waals surface area contributed by atoms with Gasteiger partial charge in [-0.05, 0) is 54.7 Å². The summed E-state index contributed by atoms with van der Waals surface area (Å²) in [6.07, 6.45) is 5.25. The molecule has 1 N–H and O–H groups in total. The smallest absolute Gasteiger partial charge is 0.231 e. The summed E-state index contributed by atoms with van der Waals surface area (Å²) in [7, 11) is 0. The van der Waals surface area contributed by atoms with E-state index in [1.165, 1.54) is 22.4 Å². The van der Waals surface area contributed by atoms with E-state index in [2.05, 4.69) is 52.0 Å². The Bertz CT molecular complexity index is 786. The Morgan fingerprint density at radius 3 is 2.88 bits per heavy atom. The highest BCUT2D eigenvalue weighted by Gasteiger charge is 2.56. The zero-order chi connectivity index (χ0) is 16.9. The Labute approximate surface area is 153 Å². The standard InChI is InChI=1S/C21H24N2OS/c24-20(23-10-8-18-16(14-23)9-11-25-18)21(12-15-4-2-1-3-5-15)13-17-6-7-19(21)22-17/h1-5,9,11,17,19,22H,6-8,10,12-14H2/t17-,19+,21+/m1/s1. The second kappa shape index (κ2) is 5.96. The van der Waals surface area contributed by atoms with E-state index in [-0.39, 0.29) is 5.41 Å². The van der Waals surface area contributed by atoms with Crippen LogP contribution in [0, 0.1) is 5.41 Å². The van der Waals surface area contributed by atoms with E-state index in [0.717, 1.165) is 38.8 Å². The van der Waals surface area contributed by atoms with Crippen LogP contribution in [0.1, 0.15) is 35.3 Å². The molecule has 3 aliphatic heterocycles. The molecule has 3 aliphatic rings. The van der Waals surface area contributed by atoms with E-state index in [9.17, 15) is 4.79 Å². The Morgan fingerprint density at radius 2 is 2.12 bits per heavy atom. The number of fused-ring (bicyclic) bond motifs is 3. The molecule has 4 heteroatoms. The second-order valence-electron chi connectivity index (χ2n) is 7.86. The number of nitrogens with one attached hydrogen (secondary N) is 1.